The molecule has 0 fully saturated rings. The number of hydrogen-bond acceptors (Lipinski definition) is 3. The van der Waals surface area contributed by atoms with Gasteiger partial charge in [-0.2, -0.15) is 0 Å². The van der Waals surface area contributed by atoms with Gasteiger partial charge >= 0.3 is 0 Å². The van der Waals surface area contributed by atoms with Gasteiger partial charge in [0.25, 0.3) is 0 Å². The summed E-state index contributed by atoms with van der Waals surface area (Å²) in [6.45, 7) is 11.8. The lowest BCUT2D eigenvalue weighted by atomic mass is 9.91. The van der Waals surface area contributed by atoms with E-state index in [-0.39, 0.29) is 11.7 Å². The molecule has 2 rings (SSSR count). The Balaban J connectivity index is 2.30. The van der Waals surface area contributed by atoms with Gasteiger partial charge in [0, 0.05) is 12.5 Å². The van der Waals surface area contributed by atoms with Crippen molar-refractivity contribution in [3.8, 4) is 5.75 Å². The number of ketones is 1. The third-order valence-electron chi connectivity index (χ3n) is 4.16. The molecule has 1 atom stereocenters. The summed E-state index contributed by atoms with van der Waals surface area (Å²) >= 11 is 0. The Bertz CT molecular complexity index is 492. The molecule has 0 aromatic heterocycles. The third kappa shape index (κ3) is 3.04. The van der Waals surface area contributed by atoms with E-state index in [9.17, 15) is 4.79 Å². The third-order valence-corrected chi connectivity index (χ3v) is 4.16. The van der Waals surface area contributed by atoms with Crippen LogP contribution in [0.15, 0.2) is 12.1 Å². The predicted octanol–water partition coefficient (Wildman–Crippen LogP) is 3.23. The number of aryl methyl sites for hydroxylation is 2. The van der Waals surface area contributed by atoms with Gasteiger partial charge in [-0.15, -0.1) is 0 Å². The molecule has 110 valence electrons. The van der Waals surface area contributed by atoms with Crippen LogP contribution in [-0.2, 0) is 0 Å². The van der Waals surface area contributed by atoms with Crippen molar-refractivity contribution in [2.24, 2.45) is 5.92 Å². The second-order valence-corrected chi connectivity index (χ2v) is 5.64. The Labute approximate surface area is 121 Å². The summed E-state index contributed by atoms with van der Waals surface area (Å²) in [5.74, 6) is 1.08. The lowest BCUT2D eigenvalue weighted by Gasteiger charge is -2.23. The first-order valence-corrected chi connectivity index (χ1v) is 7.57. The average molecular weight is 275 g/mol. The first-order chi connectivity index (χ1) is 9.56. The SMILES string of the molecule is CCN(CC)CC1CCOc2cc(C)cc(C)c2C1=O. The maximum atomic E-state index is 12.8. The van der Waals surface area contributed by atoms with Crippen molar-refractivity contribution in [3.05, 3.63) is 28.8 Å². The van der Waals surface area contributed by atoms with E-state index < -0.39 is 0 Å². The molecule has 3 nitrogen and oxygen atoms in total. The number of Topliss-reactive ketones (excluding diaryl/α,β-unsaturated/α-hetero) is 1. The van der Waals surface area contributed by atoms with Gasteiger partial charge in [0.1, 0.15) is 5.75 Å². The van der Waals surface area contributed by atoms with Crippen molar-refractivity contribution in [1.29, 1.82) is 0 Å². The van der Waals surface area contributed by atoms with E-state index in [1.165, 1.54) is 0 Å². The summed E-state index contributed by atoms with van der Waals surface area (Å²) in [5, 5.41) is 0. The van der Waals surface area contributed by atoms with E-state index in [2.05, 4.69) is 24.8 Å². The predicted molar refractivity (Wildman–Crippen MR) is 81.6 cm³/mol. The largest absolute Gasteiger partial charge is 0.493 e. The minimum atomic E-state index is 0.0533. The zero-order valence-electron chi connectivity index (χ0n) is 13.0. The molecular formula is C17H25NO2. The maximum absolute atomic E-state index is 12.8. The Morgan fingerprint density at radius 2 is 1.95 bits per heavy atom. The number of ether oxygens (including phenoxy) is 1. The fourth-order valence-electron chi connectivity index (χ4n) is 2.97. The van der Waals surface area contributed by atoms with Crippen LogP contribution in [-0.4, -0.2) is 36.9 Å². The molecule has 0 radical (unpaired) electrons. The number of rotatable bonds is 4. The normalized spacial score (nSPS) is 18.6. The number of carbonyl (C=O) groups is 1. The van der Waals surface area contributed by atoms with Crippen molar-refractivity contribution in [2.45, 2.75) is 34.1 Å². The molecule has 0 amide bonds. The van der Waals surface area contributed by atoms with E-state index >= 15 is 0 Å². The summed E-state index contributed by atoms with van der Waals surface area (Å²) in [6.07, 6.45) is 0.808. The number of hydrogen-bond donors (Lipinski definition) is 0. The van der Waals surface area contributed by atoms with Gasteiger partial charge < -0.3 is 9.64 Å². The summed E-state index contributed by atoms with van der Waals surface area (Å²) in [4.78, 5) is 15.1. The zero-order chi connectivity index (χ0) is 14.7. The van der Waals surface area contributed by atoms with Crippen LogP contribution in [0, 0.1) is 19.8 Å². The molecule has 0 aliphatic carbocycles. The molecule has 0 N–H and O–H groups in total. The van der Waals surface area contributed by atoms with E-state index in [0.29, 0.717) is 6.61 Å². The molecule has 1 unspecified atom stereocenters. The zero-order valence-corrected chi connectivity index (χ0v) is 13.0. The van der Waals surface area contributed by atoms with Gasteiger partial charge in [-0.3, -0.25) is 4.79 Å². The fraction of sp³-hybridized carbons (Fsp3) is 0.588. The van der Waals surface area contributed by atoms with Crippen molar-refractivity contribution in [3.63, 3.8) is 0 Å². The second-order valence-electron chi connectivity index (χ2n) is 5.64. The number of carbonyl (C=O) groups excluding carboxylic acids is 1. The Hall–Kier alpha value is -1.35. The fourth-order valence-corrected chi connectivity index (χ4v) is 2.97. The molecule has 0 saturated carbocycles. The first-order valence-electron chi connectivity index (χ1n) is 7.57. The quantitative estimate of drug-likeness (QED) is 0.845. The number of nitrogens with zero attached hydrogens (tertiary/aromatic N) is 1. The van der Waals surface area contributed by atoms with E-state index in [1.807, 2.05) is 19.9 Å². The summed E-state index contributed by atoms with van der Waals surface area (Å²) in [5.41, 5.74) is 2.98. The molecule has 20 heavy (non-hydrogen) atoms. The lowest BCUT2D eigenvalue weighted by Crippen LogP contribution is -2.33. The first kappa shape index (κ1) is 15.0. The van der Waals surface area contributed by atoms with Crippen LogP contribution in [0.5, 0.6) is 5.75 Å². The molecule has 0 saturated heterocycles. The minimum Gasteiger partial charge on any atom is -0.493 e. The molecule has 1 aromatic carbocycles. The molecule has 0 spiro atoms. The monoisotopic (exact) mass is 275 g/mol. The van der Waals surface area contributed by atoms with Gasteiger partial charge in [-0.25, -0.2) is 0 Å². The maximum Gasteiger partial charge on any atom is 0.171 e. The van der Waals surface area contributed by atoms with Crippen molar-refractivity contribution in [2.75, 3.05) is 26.2 Å². The highest BCUT2D eigenvalue weighted by Crippen LogP contribution is 2.31. The molecule has 3 heteroatoms. The highest BCUT2D eigenvalue weighted by atomic mass is 16.5. The van der Waals surface area contributed by atoms with Gasteiger partial charge in [0.15, 0.2) is 5.78 Å². The Kier molecular flexibility index (Phi) is 4.81. The van der Waals surface area contributed by atoms with Gasteiger partial charge in [0.05, 0.1) is 12.2 Å². The van der Waals surface area contributed by atoms with E-state index in [0.717, 1.165) is 48.5 Å². The van der Waals surface area contributed by atoms with E-state index in [4.69, 9.17) is 4.74 Å². The smallest absolute Gasteiger partial charge is 0.171 e. The van der Waals surface area contributed by atoms with Crippen LogP contribution < -0.4 is 4.74 Å². The van der Waals surface area contributed by atoms with Gasteiger partial charge in [-0.1, -0.05) is 19.9 Å². The van der Waals surface area contributed by atoms with Crippen LogP contribution in [0.4, 0.5) is 0 Å². The highest BCUT2D eigenvalue weighted by Gasteiger charge is 2.29. The highest BCUT2D eigenvalue weighted by molar-refractivity contribution is 6.02. The molecule has 1 aliphatic heterocycles. The van der Waals surface area contributed by atoms with Gasteiger partial charge in [-0.05, 0) is 50.6 Å². The Morgan fingerprint density at radius 1 is 1.25 bits per heavy atom. The minimum absolute atomic E-state index is 0.0533. The molecular weight excluding hydrogens is 250 g/mol. The van der Waals surface area contributed by atoms with Crippen molar-refractivity contribution in [1.82, 2.24) is 4.90 Å². The second kappa shape index (κ2) is 6.40. The van der Waals surface area contributed by atoms with Crippen molar-refractivity contribution < 1.29 is 9.53 Å². The molecule has 0 bridgehead atoms. The summed E-state index contributed by atoms with van der Waals surface area (Å²) in [6, 6.07) is 4.06. The van der Waals surface area contributed by atoms with Crippen LogP contribution >= 0.6 is 0 Å². The number of fused-ring (bicyclic) bond motifs is 1. The molecule has 1 aliphatic rings. The topological polar surface area (TPSA) is 29.5 Å². The van der Waals surface area contributed by atoms with Crippen LogP contribution in [0.1, 0.15) is 41.8 Å². The standard InChI is InChI=1S/C17H25NO2/c1-5-18(6-2)11-14-7-8-20-15-10-12(3)9-13(4)16(15)17(14)19/h9-10,14H,5-8,11H2,1-4H3. The molecule has 1 heterocycles. The molecule has 1 aromatic rings. The van der Waals surface area contributed by atoms with E-state index in [1.54, 1.807) is 0 Å². The van der Waals surface area contributed by atoms with Crippen molar-refractivity contribution >= 4 is 5.78 Å². The summed E-state index contributed by atoms with van der Waals surface area (Å²) in [7, 11) is 0. The van der Waals surface area contributed by atoms with Crippen LogP contribution in [0.25, 0.3) is 0 Å². The van der Waals surface area contributed by atoms with Crippen LogP contribution in [0.3, 0.4) is 0 Å². The average Bonchev–Trinajstić information content (AvgIpc) is 2.55. The number of benzene rings is 1. The lowest BCUT2D eigenvalue weighted by molar-refractivity contribution is 0.0876. The Morgan fingerprint density at radius 3 is 2.60 bits per heavy atom. The summed E-state index contributed by atoms with van der Waals surface area (Å²) < 4.78 is 5.82. The van der Waals surface area contributed by atoms with Gasteiger partial charge in [0.2, 0.25) is 0 Å². The van der Waals surface area contributed by atoms with Crippen LogP contribution in [0.2, 0.25) is 0 Å².